The van der Waals surface area contributed by atoms with Crippen LogP contribution < -0.4 is 5.32 Å². The first kappa shape index (κ1) is 9.49. The topological polar surface area (TPSA) is 55.4 Å². The van der Waals surface area contributed by atoms with Crippen LogP contribution in [-0.4, -0.2) is 25.0 Å². The molecule has 1 N–H and O–H groups in total. The molecule has 1 aliphatic carbocycles. The summed E-state index contributed by atoms with van der Waals surface area (Å²) in [4.78, 5) is 22.4. The van der Waals surface area contributed by atoms with Gasteiger partial charge in [-0.05, 0) is 25.2 Å². The van der Waals surface area contributed by atoms with E-state index in [0.717, 1.165) is 19.3 Å². The van der Waals surface area contributed by atoms with Crippen LogP contribution in [0.3, 0.4) is 0 Å². The lowest BCUT2D eigenvalue weighted by atomic mass is 9.78. The molecule has 78 valence electrons. The third-order valence-electron chi connectivity index (χ3n) is 3.31. The highest BCUT2D eigenvalue weighted by Crippen LogP contribution is 2.35. The van der Waals surface area contributed by atoms with E-state index in [2.05, 4.69) is 5.32 Å². The van der Waals surface area contributed by atoms with Crippen molar-refractivity contribution in [3.8, 4) is 0 Å². The Labute approximate surface area is 83.0 Å². The normalized spacial score (nSPS) is 36.1. The Morgan fingerprint density at radius 3 is 3.00 bits per heavy atom. The summed E-state index contributed by atoms with van der Waals surface area (Å²) in [7, 11) is 1.42. The Morgan fingerprint density at radius 2 is 2.29 bits per heavy atom. The molecule has 1 amide bonds. The van der Waals surface area contributed by atoms with Crippen molar-refractivity contribution in [2.75, 3.05) is 7.11 Å². The molecular weight excluding hydrogens is 182 g/mol. The highest BCUT2D eigenvalue weighted by Gasteiger charge is 2.39. The van der Waals surface area contributed by atoms with Crippen molar-refractivity contribution < 1.29 is 14.3 Å². The van der Waals surface area contributed by atoms with Crippen LogP contribution in [0.25, 0.3) is 0 Å². The molecule has 0 unspecified atom stereocenters. The van der Waals surface area contributed by atoms with Gasteiger partial charge in [-0.1, -0.05) is 0 Å². The number of fused-ring (bicyclic) bond motifs is 1. The molecule has 4 heteroatoms. The third-order valence-corrected chi connectivity index (χ3v) is 3.31. The van der Waals surface area contributed by atoms with Gasteiger partial charge < -0.3 is 10.1 Å². The zero-order chi connectivity index (χ0) is 10.1. The minimum absolute atomic E-state index is 0.00829. The van der Waals surface area contributed by atoms with Gasteiger partial charge in [0.1, 0.15) is 0 Å². The van der Waals surface area contributed by atoms with Crippen LogP contribution in [0.4, 0.5) is 0 Å². The summed E-state index contributed by atoms with van der Waals surface area (Å²) in [6.45, 7) is 0. The number of carbonyl (C=O) groups excluding carboxylic acids is 2. The molecule has 0 aromatic carbocycles. The maximum atomic E-state index is 11.3. The predicted molar refractivity (Wildman–Crippen MR) is 49.4 cm³/mol. The maximum Gasteiger partial charge on any atom is 0.308 e. The largest absolute Gasteiger partial charge is 0.469 e. The Hall–Kier alpha value is -1.06. The summed E-state index contributed by atoms with van der Waals surface area (Å²) in [5, 5.41) is 2.94. The average Bonchev–Trinajstić information content (AvgIpc) is 2.55. The summed E-state index contributed by atoms with van der Waals surface area (Å²) in [6, 6.07) is 0.309. The molecule has 0 aromatic rings. The fourth-order valence-electron chi connectivity index (χ4n) is 2.56. The number of rotatable bonds is 1. The van der Waals surface area contributed by atoms with E-state index in [1.54, 1.807) is 0 Å². The fraction of sp³-hybridized carbons (Fsp3) is 0.800. The molecule has 0 bridgehead atoms. The molecule has 2 rings (SSSR count). The van der Waals surface area contributed by atoms with Gasteiger partial charge in [-0.2, -0.15) is 0 Å². The van der Waals surface area contributed by atoms with Crippen LogP contribution in [0, 0.1) is 11.8 Å². The summed E-state index contributed by atoms with van der Waals surface area (Å²) >= 11 is 0. The quantitative estimate of drug-likeness (QED) is 0.621. The number of esters is 1. The van der Waals surface area contributed by atoms with E-state index in [0.29, 0.717) is 18.4 Å². The van der Waals surface area contributed by atoms with Gasteiger partial charge in [-0.25, -0.2) is 0 Å². The van der Waals surface area contributed by atoms with Crippen molar-refractivity contribution >= 4 is 11.9 Å². The van der Waals surface area contributed by atoms with Crippen molar-refractivity contribution in [1.29, 1.82) is 0 Å². The molecule has 2 fully saturated rings. The Kier molecular flexibility index (Phi) is 2.44. The molecule has 2 aliphatic rings. The summed E-state index contributed by atoms with van der Waals surface area (Å²) in [6.07, 6.45) is 3.14. The maximum absolute atomic E-state index is 11.3. The first-order valence-electron chi connectivity index (χ1n) is 5.08. The predicted octanol–water partition coefficient (Wildman–Crippen LogP) is 0.464. The van der Waals surface area contributed by atoms with Crippen molar-refractivity contribution in [3.05, 3.63) is 0 Å². The first-order valence-corrected chi connectivity index (χ1v) is 5.08. The van der Waals surface area contributed by atoms with Gasteiger partial charge in [0.15, 0.2) is 0 Å². The third kappa shape index (κ3) is 1.61. The molecule has 14 heavy (non-hydrogen) atoms. The lowest BCUT2D eigenvalue weighted by Gasteiger charge is -2.29. The number of hydrogen-bond acceptors (Lipinski definition) is 3. The van der Waals surface area contributed by atoms with Gasteiger partial charge in [0, 0.05) is 12.5 Å². The number of carbonyl (C=O) groups is 2. The van der Waals surface area contributed by atoms with Gasteiger partial charge in [-0.3, -0.25) is 9.59 Å². The Morgan fingerprint density at radius 1 is 1.50 bits per heavy atom. The van der Waals surface area contributed by atoms with E-state index in [4.69, 9.17) is 4.74 Å². The zero-order valence-electron chi connectivity index (χ0n) is 8.29. The lowest BCUT2D eigenvalue weighted by Crippen LogP contribution is -2.36. The Bertz CT molecular complexity index is 264. The number of hydrogen-bond donors (Lipinski definition) is 1. The van der Waals surface area contributed by atoms with E-state index in [1.165, 1.54) is 7.11 Å². The first-order chi connectivity index (χ1) is 6.70. The van der Waals surface area contributed by atoms with Crippen LogP contribution in [0.1, 0.15) is 25.7 Å². The molecule has 0 spiro atoms. The molecule has 1 saturated heterocycles. The van der Waals surface area contributed by atoms with Crippen LogP contribution in [0.5, 0.6) is 0 Å². The molecule has 1 aliphatic heterocycles. The molecular formula is C10H15NO3. The highest BCUT2D eigenvalue weighted by molar-refractivity contribution is 5.79. The zero-order valence-corrected chi connectivity index (χ0v) is 8.29. The second-order valence-corrected chi connectivity index (χ2v) is 4.17. The molecule has 0 aromatic heterocycles. The van der Waals surface area contributed by atoms with Gasteiger partial charge in [0.05, 0.1) is 13.0 Å². The molecule has 3 atom stereocenters. The van der Waals surface area contributed by atoms with Crippen molar-refractivity contribution in [2.45, 2.75) is 31.7 Å². The second-order valence-electron chi connectivity index (χ2n) is 4.17. The second kappa shape index (κ2) is 3.59. The number of methoxy groups -OCH3 is 1. The molecule has 0 radical (unpaired) electrons. The minimum atomic E-state index is -0.122. The summed E-state index contributed by atoms with van der Waals surface area (Å²) in [5.74, 6) is 0.364. The Balaban J connectivity index is 1.97. The minimum Gasteiger partial charge on any atom is -0.469 e. The van der Waals surface area contributed by atoms with Gasteiger partial charge in [-0.15, -0.1) is 0 Å². The summed E-state index contributed by atoms with van der Waals surface area (Å²) < 4.78 is 4.72. The molecule has 1 saturated carbocycles. The smallest absolute Gasteiger partial charge is 0.308 e. The summed E-state index contributed by atoms with van der Waals surface area (Å²) in [5.41, 5.74) is 0. The number of amides is 1. The lowest BCUT2D eigenvalue weighted by molar-refractivity contribution is -0.147. The van der Waals surface area contributed by atoms with E-state index in [-0.39, 0.29) is 17.8 Å². The number of nitrogens with one attached hydrogen (secondary N) is 1. The van der Waals surface area contributed by atoms with E-state index < -0.39 is 0 Å². The van der Waals surface area contributed by atoms with Gasteiger partial charge >= 0.3 is 5.97 Å². The van der Waals surface area contributed by atoms with Crippen LogP contribution in [0.15, 0.2) is 0 Å². The molecule has 4 nitrogen and oxygen atoms in total. The van der Waals surface area contributed by atoms with Crippen LogP contribution in [0.2, 0.25) is 0 Å². The average molecular weight is 197 g/mol. The van der Waals surface area contributed by atoms with E-state index in [1.807, 2.05) is 0 Å². The van der Waals surface area contributed by atoms with Crippen molar-refractivity contribution in [1.82, 2.24) is 5.32 Å². The van der Waals surface area contributed by atoms with Crippen LogP contribution in [-0.2, 0) is 14.3 Å². The number of ether oxygens (including phenoxy) is 1. The van der Waals surface area contributed by atoms with E-state index in [9.17, 15) is 9.59 Å². The van der Waals surface area contributed by atoms with E-state index >= 15 is 0 Å². The highest BCUT2D eigenvalue weighted by atomic mass is 16.5. The van der Waals surface area contributed by atoms with Crippen LogP contribution >= 0.6 is 0 Å². The monoisotopic (exact) mass is 197 g/mol. The van der Waals surface area contributed by atoms with Crippen molar-refractivity contribution in [2.24, 2.45) is 11.8 Å². The van der Waals surface area contributed by atoms with Crippen molar-refractivity contribution in [3.63, 3.8) is 0 Å². The SMILES string of the molecule is COC(=O)[C@@H]1CC[C@@H]2NC(=O)C[C@@H]2C1. The standard InChI is InChI=1S/C10H15NO3/c1-14-10(13)6-2-3-8-7(4-6)5-9(12)11-8/h6-8H,2-5H2,1H3,(H,11,12)/t6-,7+,8+/m1/s1. The van der Waals surface area contributed by atoms with Gasteiger partial charge in [0.25, 0.3) is 0 Å². The molecule has 1 heterocycles. The van der Waals surface area contributed by atoms with Gasteiger partial charge in [0.2, 0.25) is 5.91 Å². The fourth-order valence-corrected chi connectivity index (χ4v) is 2.56.